The van der Waals surface area contributed by atoms with Crippen molar-refractivity contribution in [3.8, 4) is 0 Å². The number of aliphatic carboxylic acids is 1. The number of carboxylic acids is 1. The number of halogens is 1. The fraction of sp³-hybridized carbons (Fsp3) is 0.207. The average Bonchev–Trinajstić information content (AvgIpc) is 3.40. The van der Waals surface area contributed by atoms with Crippen molar-refractivity contribution in [3.63, 3.8) is 0 Å². The molecule has 206 valence electrons. The topological polar surface area (TPSA) is 134 Å². The summed E-state index contributed by atoms with van der Waals surface area (Å²) in [5.41, 5.74) is 3.24. The first kappa shape index (κ1) is 27.4. The monoisotopic (exact) mass is 580 g/mol. The lowest BCUT2D eigenvalue weighted by Crippen LogP contribution is -2.42. The van der Waals surface area contributed by atoms with Crippen LogP contribution in [0.1, 0.15) is 37.4 Å². The maximum atomic E-state index is 13.1. The summed E-state index contributed by atoms with van der Waals surface area (Å²) in [5.74, 6) is -2.08. The number of carbonyl (C=O) groups is 3. The molecule has 11 heteroatoms. The first-order valence-corrected chi connectivity index (χ1v) is 14.7. The van der Waals surface area contributed by atoms with E-state index in [4.69, 9.17) is 16.0 Å². The molecule has 0 saturated carbocycles. The number of rotatable bonds is 7. The lowest BCUT2D eigenvalue weighted by molar-refractivity contribution is -0.139. The predicted octanol–water partition coefficient (Wildman–Crippen LogP) is 4.11. The molecule has 1 aliphatic heterocycles. The van der Waals surface area contributed by atoms with Gasteiger partial charge in [0.25, 0.3) is 11.8 Å². The molecule has 40 heavy (non-hydrogen) atoms. The Balaban J connectivity index is 1.31. The number of hydrogen-bond acceptors (Lipinski definition) is 6. The zero-order valence-corrected chi connectivity index (χ0v) is 23.0. The second-order valence-corrected chi connectivity index (χ2v) is 12.1. The van der Waals surface area contributed by atoms with E-state index in [1.807, 2.05) is 12.1 Å². The Morgan fingerprint density at radius 3 is 2.65 bits per heavy atom. The van der Waals surface area contributed by atoms with Gasteiger partial charge in [-0.1, -0.05) is 35.9 Å². The van der Waals surface area contributed by atoms with Gasteiger partial charge in [-0.2, -0.15) is 0 Å². The van der Waals surface area contributed by atoms with Crippen LogP contribution in [0.15, 0.2) is 76.2 Å². The fourth-order valence-corrected chi connectivity index (χ4v) is 5.86. The van der Waals surface area contributed by atoms with Crippen LogP contribution in [0.25, 0.3) is 11.0 Å². The van der Waals surface area contributed by atoms with E-state index in [-0.39, 0.29) is 27.8 Å². The van der Waals surface area contributed by atoms with Crippen LogP contribution < -0.4 is 5.32 Å². The molecule has 0 aliphatic carbocycles. The summed E-state index contributed by atoms with van der Waals surface area (Å²) in [7, 11) is -3.47. The zero-order chi connectivity index (χ0) is 28.6. The van der Waals surface area contributed by atoms with Crippen molar-refractivity contribution in [2.45, 2.75) is 30.3 Å². The predicted molar refractivity (Wildman–Crippen MR) is 148 cm³/mol. The lowest BCUT2D eigenvalue weighted by Gasteiger charge is -2.30. The van der Waals surface area contributed by atoms with Crippen LogP contribution in [0.4, 0.5) is 0 Å². The van der Waals surface area contributed by atoms with E-state index in [1.165, 1.54) is 24.3 Å². The molecule has 1 aromatic heterocycles. The van der Waals surface area contributed by atoms with Crippen LogP contribution in [0, 0.1) is 0 Å². The van der Waals surface area contributed by atoms with Crippen LogP contribution >= 0.6 is 11.6 Å². The van der Waals surface area contributed by atoms with Gasteiger partial charge in [-0.25, -0.2) is 13.2 Å². The summed E-state index contributed by atoms with van der Waals surface area (Å²) in [6.45, 7) is 0.696. The molecular weight excluding hydrogens is 556 g/mol. The molecule has 0 bridgehead atoms. The minimum absolute atomic E-state index is 0.0623. The first-order valence-electron chi connectivity index (χ1n) is 12.4. The van der Waals surface area contributed by atoms with Gasteiger partial charge in [-0.05, 0) is 59.5 Å². The van der Waals surface area contributed by atoms with Gasteiger partial charge < -0.3 is 19.7 Å². The zero-order valence-electron chi connectivity index (χ0n) is 21.4. The van der Waals surface area contributed by atoms with Gasteiger partial charge in [0.1, 0.15) is 11.6 Å². The third-order valence-corrected chi connectivity index (χ3v) is 8.48. The highest BCUT2D eigenvalue weighted by molar-refractivity contribution is 7.90. The van der Waals surface area contributed by atoms with Crippen molar-refractivity contribution in [1.29, 1.82) is 0 Å². The van der Waals surface area contributed by atoms with Crippen molar-refractivity contribution < 1.29 is 32.3 Å². The van der Waals surface area contributed by atoms with Crippen LogP contribution in [0.5, 0.6) is 0 Å². The Kier molecular flexibility index (Phi) is 7.39. The first-order chi connectivity index (χ1) is 19.0. The number of sulfone groups is 1. The molecule has 0 saturated heterocycles. The van der Waals surface area contributed by atoms with Crippen LogP contribution in [0.2, 0.25) is 5.02 Å². The number of nitrogens with zero attached hydrogens (tertiary/aromatic N) is 1. The highest BCUT2D eigenvalue weighted by Gasteiger charge is 2.28. The Morgan fingerprint density at radius 1 is 1.10 bits per heavy atom. The largest absolute Gasteiger partial charge is 0.480 e. The second kappa shape index (κ2) is 10.8. The Bertz CT molecular complexity index is 1760. The molecule has 9 nitrogen and oxygen atoms in total. The van der Waals surface area contributed by atoms with E-state index in [0.717, 1.165) is 22.8 Å². The van der Waals surface area contributed by atoms with Gasteiger partial charge in [-0.15, -0.1) is 0 Å². The van der Waals surface area contributed by atoms with E-state index in [1.54, 1.807) is 35.4 Å². The normalized spacial score (nSPS) is 14.0. The fourth-order valence-electron chi connectivity index (χ4n) is 4.81. The molecule has 0 spiro atoms. The minimum atomic E-state index is -3.47. The number of fused-ring (bicyclic) bond motifs is 2. The average molecular weight is 581 g/mol. The van der Waals surface area contributed by atoms with Crippen molar-refractivity contribution in [2.75, 3.05) is 12.8 Å². The molecule has 3 aromatic carbocycles. The lowest BCUT2D eigenvalue weighted by atomic mass is 9.96. The van der Waals surface area contributed by atoms with Crippen molar-refractivity contribution in [1.82, 2.24) is 10.2 Å². The Labute approximate surface area is 235 Å². The highest BCUT2D eigenvalue weighted by Crippen LogP contribution is 2.30. The summed E-state index contributed by atoms with van der Waals surface area (Å²) in [4.78, 5) is 39.9. The number of amides is 2. The quantitative estimate of drug-likeness (QED) is 0.336. The van der Waals surface area contributed by atoms with E-state index in [9.17, 15) is 27.9 Å². The SMILES string of the molecule is CS(=O)(=O)c1cccc(C[C@H](NC(=O)c2ccc3c(c2Cl)CCN(C(=O)c2ccc4ccoc4c2)C3)C(=O)O)c1. The van der Waals surface area contributed by atoms with E-state index in [2.05, 4.69) is 5.32 Å². The number of hydrogen-bond donors (Lipinski definition) is 2. The third kappa shape index (κ3) is 5.59. The Hall–Kier alpha value is -4.15. The maximum absolute atomic E-state index is 13.1. The smallest absolute Gasteiger partial charge is 0.326 e. The number of benzene rings is 3. The van der Waals surface area contributed by atoms with E-state index >= 15 is 0 Å². The van der Waals surface area contributed by atoms with Crippen molar-refractivity contribution in [3.05, 3.63) is 99.8 Å². The summed E-state index contributed by atoms with van der Waals surface area (Å²) >= 11 is 6.62. The third-order valence-electron chi connectivity index (χ3n) is 6.94. The second-order valence-electron chi connectivity index (χ2n) is 9.70. The molecule has 1 atom stereocenters. The van der Waals surface area contributed by atoms with E-state index < -0.39 is 27.8 Å². The van der Waals surface area contributed by atoms with Gasteiger partial charge in [0.2, 0.25) is 0 Å². The van der Waals surface area contributed by atoms with Gasteiger partial charge in [0, 0.05) is 36.7 Å². The van der Waals surface area contributed by atoms with Gasteiger partial charge >= 0.3 is 5.97 Å². The van der Waals surface area contributed by atoms with Gasteiger partial charge in [0.05, 0.1) is 21.7 Å². The number of furan rings is 1. The van der Waals surface area contributed by atoms with Crippen LogP contribution in [-0.2, 0) is 34.0 Å². The molecule has 2 heterocycles. The number of nitrogens with one attached hydrogen (secondary N) is 1. The molecular formula is C29H25ClN2O7S. The summed E-state index contributed by atoms with van der Waals surface area (Å²) in [6, 6.07) is 15.0. The highest BCUT2D eigenvalue weighted by atomic mass is 35.5. The molecule has 0 unspecified atom stereocenters. The van der Waals surface area contributed by atoms with E-state index in [0.29, 0.717) is 36.2 Å². The molecule has 1 aliphatic rings. The number of carboxylic acid groups (broad SMARTS) is 1. The van der Waals surface area contributed by atoms with Crippen molar-refractivity contribution >= 4 is 50.2 Å². The molecule has 0 fully saturated rings. The molecule has 2 amide bonds. The molecule has 0 radical (unpaired) electrons. The van der Waals surface area contributed by atoms with Gasteiger partial charge in [0.15, 0.2) is 9.84 Å². The molecule has 5 rings (SSSR count). The minimum Gasteiger partial charge on any atom is -0.480 e. The number of carbonyl (C=O) groups excluding carboxylic acids is 2. The maximum Gasteiger partial charge on any atom is 0.326 e. The molecule has 2 N–H and O–H groups in total. The summed E-state index contributed by atoms with van der Waals surface area (Å²) in [5, 5.41) is 13.4. The van der Waals surface area contributed by atoms with Crippen molar-refractivity contribution in [2.24, 2.45) is 0 Å². The molecule has 4 aromatic rings. The van der Waals surface area contributed by atoms with Crippen LogP contribution in [-0.4, -0.2) is 55.1 Å². The summed E-state index contributed by atoms with van der Waals surface area (Å²) < 4.78 is 29.1. The van der Waals surface area contributed by atoms with Crippen LogP contribution in [0.3, 0.4) is 0 Å². The standard InChI is InChI=1S/C29H25ClN2O7S/c1-40(37,38)21-4-2-3-17(13-21)14-24(29(35)36)31-27(33)23-8-7-20-16-32(11-9-22(20)26(23)30)28(34)19-6-5-18-10-12-39-25(18)15-19/h2-8,10,12-13,15,24H,9,11,14,16H2,1H3,(H,31,33)(H,35,36)/t24-/m0/s1. The Morgan fingerprint density at radius 2 is 1.90 bits per heavy atom. The van der Waals surface area contributed by atoms with Gasteiger partial charge in [-0.3, -0.25) is 9.59 Å². The summed E-state index contributed by atoms with van der Waals surface area (Å²) in [6.07, 6.45) is 2.94.